The number of halogens is 2. The average molecular weight is 491 g/mol. The quantitative estimate of drug-likeness (QED) is 0.265. The van der Waals surface area contributed by atoms with Gasteiger partial charge in [0.25, 0.3) is 5.82 Å². The van der Waals surface area contributed by atoms with Gasteiger partial charge in [-0.05, 0) is 24.3 Å². The molecule has 0 unspecified atom stereocenters. The summed E-state index contributed by atoms with van der Waals surface area (Å²) in [5, 5.41) is 31.3. The molecule has 182 valence electrons. The average Bonchev–Trinajstić information content (AvgIpc) is 3.43. The first-order valence-corrected chi connectivity index (χ1v) is 10.6. The third kappa shape index (κ3) is 5.39. The van der Waals surface area contributed by atoms with Crippen LogP contribution in [0.5, 0.6) is 0 Å². The SMILES string of the molecule is N#Cc1ccc(NCC(F)(F)c2ccccn2)[n+]([O-])c1CC(=O)NCc1cccnc1-n1cncn1. The van der Waals surface area contributed by atoms with Crippen LogP contribution in [0.4, 0.5) is 14.6 Å². The zero-order valence-electron chi connectivity index (χ0n) is 18.7. The summed E-state index contributed by atoms with van der Waals surface area (Å²) < 4.78 is 30.6. The summed E-state index contributed by atoms with van der Waals surface area (Å²) in [5.74, 6) is -3.67. The first-order valence-electron chi connectivity index (χ1n) is 10.6. The highest BCUT2D eigenvalue weighted by molar-refractivity contribution is 5.78. The predicted molar refractivity (Wildman–Crippen MR) is 121 cm³/mol. The van der Waals surface area contributed by atoms with Gasteiger partial charge in [0, 0.05) is 30.6 Å². The van der Waals surface area contributed by atoms with E-state index in [9.17, 15) is 24.0 Å². The van der Waals surface area contributed by atoms with Crippen LogP contribution in [0.25, 0.3) is 5.82 Å². The number of aromatic nitrogens is 6. The van der Waals surface area contributed by atoms with E-state index in [-0.39, 0.29) is 28.4 Å². The van der Waals surface area contributed by atoms with Crippen molar-refractivity contribution in [3.05, 3.63) is 95.2 Å². The van der Waals surface area contributed by atoms with Crippen molar-refractivity contribution in [2.45, 2.75) is 18.9 Å². The largest absolute Gasteiger partial charge is 0.710 e. The van der Waals surface area contributed by atoms with E-state index in [0.717, 1.165) is 0 Å². The van der Waals surface area contributed by atoms with Crippen LogP contribution < -0.4 is 15.4 Å². The van der Waals surface area contributed by atoms with Crippen molar-refractivity contribution in [2.75, 3.05) is 11.9 Å². The van der Waals surface area contributed by atoms with Gasteiger partial charge >= 0.3 is 5.92 Å². The fourth-order valence-corrected chi connectivity index (χ4v) is 3.35. The van der Waals surface area contributed by atoms with E-state index in [1.54, 1.807) is 18.3 Å². The standard InChI is InChI=1S/C23H19F2N9O2/c24-23(25,19-5-1-2-8-28-19)13-31-20-7-6-16(11-26)18(34(20)36)10-21(35)30-12-17-4-3-9-29-22(17)33-15-27-14-32-33/h1-9,14-15,31H,10,12-13H2,(H,30,35). The minimum Gasteiger partial charge on any atom is -0.710 e. The Balaban J connectivity index is 1.46. The van der Waals surface area contributed by atoms with Crippen molar-refractivity contribution in [1.82, 2.24) is 30.0 Å². The van der Waals surface area contributed by atoms with Gasteiger partial charge in [-0.25, -0.2) is 19.4 Å². The van der Waals surface area contributed by atoms with Crippen molar-refractivity contribution in [2.24, 2.45) is 0 Å². The van der Waals surface area contributed by atoms with E-state index in [1.165, 1.54) is 53.9 Å². The minimum atomic E-state index is -3.36. The Morgan fingerprint density at radius 3 is 2.72 bits per heavy atom. The second kappa shape index (κ2) is 10.5. The molecule has 0 aliphatic rings. The zero-order chi connectivity index (χ0) is 25.5. The molecule has 2 N–H and O–H groups in total. The molecule has 0 atom stereocenters. The van der Waals surface area contributed by atoms with Gasteiger partial charge < -0.3 is 10.5 Å². The van der Waals surface area contributed by atoms with Gasteiger partial charge in [0.15, 0.2) is 12.4 Å². The van der Waals surface area contributed by atoms with Crippen molar-refractivity contribution in [3.8, 4) is 11.9 Å². The number of hydrogen-bond acceptors (Lipinski definition) is 8. The molecule has 0 aromatic carbocycles. The molecule has 4 rings (SSSR count). The molecule has 0 bridgehead atoms. The molecule has 4 aromatic heterocycles. The number of anilines is 1. The molecule has 13 heteroatoms. The Kier molecular flexibility index (Phi) is 7.05. The first kappa shape index (κ1) is 24.1. The highest BCUT2D eigenvalue weighted by Gasteiger charge is 2.35. The molecule has 0 fully saturated rings. The second-order valence-corrected chi connectivity index (χ2v) is 7.54. The van der Waals surface area contributed by atoms with Crippen molar-refractivity contribution < 1.29 is 18.3 Å². The van der Waals surface area contributed by atoms with E-state index in [4.69, 9.17) is 0 Å². The summed E-state index contributed by atoms with van der Waals surface area (Å²) in [6.45, 7) is -0.841. The lowest BCUT2D eigenvalue weighted by molar-refractivity contribution is -0.598. The monoisotopic (exact) mass is 491 g/mol. The van der Waals surface area contributed by atoms with Crippen LogP contribution >= 0.6 is 0 Å². The minimum absolute atomic E-state index is 0.0492. The number of alkyl halides is 2. The number of nitriles is 1. The van der Waals surface area contributed by atoms with Gasteiger partial charge in [-0.15, -0.1) is 0 Å². The van der Waals surface area contributed by atoms with E-state index in [0.29, 0.717) is 11.4 Å². The molecular formula is C23H19F2N9O2. The number of rotatable bonds is 9. The Hall–Kier alpha value is -4.99. The zero-order valence-corrected chi connectivity index (χ0v) is 18.7. The molecule has 36 heavy (non-hydrogen) atoms. The summed E-state index contributed by atoms with van der Waals surface area (Å²) in [4.78, 5) is 24.4. The van der Waals surface area contributed by atoms with Gasteiger partial charge in [0.2, 0.25) is 5.91 Å². The Morgan fingerprint density at radius 1 is 1.17 bits per heavy atom. The number of carbonyl (C=O) groups is 1. The summed E-state index contributed by atoms with van der Waals surface area (Å²) in [7, 11) is 0. The normalized spacial score (nSPS) is 11.0. The van der Waals surface area contributed by atoms with Gasteiger partial charge in [0.1, 0.15) is 30.1 Å². The molecule has 0 radical (unpaired) electrons. The number of amides is 1. The van der Waals surface area contributed by atoms with Crippen molar-refractivity contribution in [1.29, 1.82) is 5.26 Å². The molecule has 0 aliphatic heterocycles. The topological polar surface area (TPSA) is 148 Å². The number of nitrogens with one attached hydrogen (secondary N) is 2. The Bertz CT molecular complexity index is 1390. The molecule has 1 amide bonds. The van der Waals surface area contributed by atoms with Crippen LogP contribution in [0.2, 0.25) is 0 Å². The lowest BCUT2D eigenvalue weighted by Gasteiger charge is -2.18. The van der Waals surface area contributed by atoms with Crippen LogP contribution in [0.3, 0.4) is 0 Å². The van der Waals surface area contributed by atoms with E-state index in [2.05, 4.69) is 30.7 Å². The van der Waals surface area contributed by atoms with Crippen molar-refractivity contribution >= 4 is 11.7 Å². The predicted octanol–water partition coefficient (Wildman–Crippen LogP) is 1.63. The van der Waals surface area contributed by atoms with Crippen molar-refractivity contribution in [3.63, 3.8) is 0 Å². The first-order chi connectivity index (χ1) is 17.4. The third-order valence-electron chi connectivity index (χ3n) is 5.14. The Morgan fingerprint density at radius 2 is 2.00 bits per heavy atom. The van der Waals surface area contributed by atoms with Crippen LogP contribution in [0.1, 0.15) is 22.5 Å². The fourth-order valence-electron chi connectivity index (χ4n) is 3.35. The smallest absolute Gasteiger partial charge is 0.325 e. The van der Waals surface area contributed by atoms with Gasteiger partial charge in [-0.1, -0.05) is 12.1 Å². The summed E-state index contributed by atoms with van der Waals surface area (Å²) in [5.41, 5.74) is -0.0430. The maximum absolute atomic E-state index is 14.5. The number of hydrogen-bond donors (Lipinski definition) is 2. The maximum Gasteiger partial charge on any atom is 0.325 e. The maximum atomic E-state index is 14.5. The number of carbonyl (C=O) groups excluding carboxylic acids is 1. The summed E-state index contributed by atoms with van der Waals surface area (Å²) >= 11 is 0. The summed E-state index contributed by atoms with van der Waals surface area (Å²) in [6, 6.07) is 11.9. The molecular weight excluding hydrogens is 472 g/mol. The van der Waals surface area contributed by atoms with Gasteiger partial charge in [-0.3, -0.25) is 15.1 Å². The van der Waals surface area contributed by atoms with E-state index in [1.807, 2.05) is 6.07 Å². The summed E-state index contributed by atoms with van der Waals surface area (Å²) in [6.07, 6.45) is 5.18. The molecule has 0 spiro atoms. The number of pyridine rings is 3. The van der Waals surface area contributed by atoms with Gasteiger partial charge in [-0.2, -0.15) is 19.1 Å². The molecule has 11 nitrogen and oxygen atoms in total. The molecule has 0 saturated heterocycles. The molecule has 0 aliphatic carbocycles. The van der Waals surface area contributed by atoms with E-state index < -0.39 is 30.5 Å². The lowest BCUT2D eigenvalue weighted by Crippen LogP contribution is -2.41. The third-order valence-corrected chi connectivity index (χ3v) is 5.14. The van der Waals surface area contributed by atoms with Gasteiger partial charge in [0.05, 0.1) is 12.0 Å². The number of nitrogens with zero attached hydrogens (tertiary/aromatic N) is 7. The molecule has 4 heterocycles. The van der Waals surface area contributed by atoms with Crippen LogP contribution in [0.15, 0.2) is 67.5 Å². The molecule has 4 aromatic rings. The fraction of sp³-hybridized carbons (Fsp3) is 0.174. The second-order valence-electron chi connectivity index (χ2n) is 7.54. The van der Waals surface area contributed by atoms with E-state index >= 15 is 0 Å². The van der Waals surface area contributed by atoms with Crippen LogP contribution in [-0.4, -0.2) is 37.2 Å². The molecule has 0 saturated carbocycles. The Labute approximate surface area is 203 Å². The lowest BCUT2D eigenvalue weighted by atomic mass is 10.1. The highest BCUT2D eigenvalue weighted by Crippen LogP contribution is 2.26. The highest BCUT2D eigenvalue weighted by atomic mass is 19.3. The van der Waals surface area contributed by atoms with Crippen LogP contribution in [-0.2, 0) is 23.7 Å². The van der Waals surface area contributed by atoms with Crippen LogP contribution in [0, 0.1) is 16.5 Å².